The molecule has 0 aliphatic carbocycles. The van der Waals surface area contributed by atoms with E-state index in [-0.39, 0.29) is 21.7 Å². The monoisotopic (exact) mass is 963 g/mol. The molecule has 0 aliphatic heterocycles. The molecule has 4 nitrogen and oxygen atoms in total. The minimum atomic E-state index is 0.0153. The predicted octanol–water partition coefficient (Wildman–Crippen LogP) is 19.3. The Morgan fingerprint density at radius 1 is 0.203 bits per heavy atom. The van der Waals surface area contributed by atoms with Crippen molar-refractivity contribution in [3.05, 3.63) is 204 Å². The molecule has 13 aromatic rings. The first-order valence-electron chi connectivity index (χ1n) is 26.6. The lowest BCUT2D eigenvalue weighted by atomic mass is 9.85. The Balaban J connectivity index is 1.11. The van der Waals surface area contributed by atoms with Gasteiger partial charge in [-0.3, -0.25) is 0 Å². The molecule has 74 heavy (non-hydrogen) atoms. The summed E-state index contributed by atoms with van der Waals surface area (Å²) >= 11 is 0. The molecule has 4 heteroatoms. The molecule has 9 aromatic carbocycles. The molecular formula is C70H66N4. The number of fused-ring (bicyclic) bond motifs is 12. The highest BCUT2D eigenvalue weighted by Crippen LogP contribution is 2.44. The van der Waals surface area contributed by atoms with Crippen LogP contribution >= 0.6 is 0 Å². The zero-order valence-corrected chi connectivity index (χ0v) is 45.1. The number of para-hydroxylation sites is 2. The third-order valence-electron chi connectivity index (χ3n) is 16.2. The molecular weight excluding hydrogens is 897 g/mol. The van der Waals surface area contributed by atoms with E-state index < -0.39 is 0 Å². The molecule has 0 radical (unpaired) electrons. The lowest BCUT2D eigenvalue weighted by Gasteiger charge is -2.19. The summed E-state index contributed by atoms with van der Waals surface area (Å²) in [5.41, 5.74) is 19.6. The molecule has 0 unspecified atom stereocenters. The van der Waals surface area contributed by atoms with Crippen LogP contribution in [0.5, 0.6) is 0 Å². The van der Waals surface area contributed by atoms with Gasteiger partial charge in [-0.25, -0.2) is 0 Å². The molecule has 0 amide bonds. The van der Waals surface area contributed by atoms with Crippen molar-refractivity contribution >= 4 is 87.2 Å². The maximum Gasteiger partial charge on any atom is 0.0561 e. The van der Waals surface area contributed by atoms with Gasteiger partial charge >= 0.3 is 0 Å². The van der Waals surface area contributed by atoms with Gasteiger partial charge in [0.2, 0.25) is 0 Å². The largest absolute Gasteiger partial charge is 0.309 e. The van der Waals surface area contributed by atoms with Gasteiger partial charge in [-0.05, 0) is 153 Å². The zero-order chi connectivity index (χ0) is 51.4. The lowest BCUT2D eigenvalue weighted by molar-refractivity contribution is 0.590. The lowest BCUT2D eigenvalue weighted by Crippen LogP contribution is -2.10. The Kier molecular flexibility index (Phi) is 9.85. The highest BCUT2D eigenvalue weighted by atomic mass is 15.0. The van der Waals surface area contributed by atoms with Gasteiger partial charge in [0.05, 0.1) is 44.1 Å². The van der Waals surface area contributed by atoms with Crippen LogP contribution in [-0.4, -0.2) is 18.3 Å². The Labute approximate surface area is 435 Å². The molecule has 0 saturated carbocycles. The maximum atomic E-state index is 2.54. The molecule has 0 aliphatic rings. The minimum absolute atomic E-state index is 0.0153. The van der Waals surface area contributed by atoms with Crippen LogP contribution in [0, 0.1) is 0 Å². The summed E-state index contributed by atoms with van der Waals surface area (Å²) in [5, 5.41) is 10.1. The summed E-state index contributed by atoms with van der Waals surface area (Å²) < 4.78 is 9.96. The van der Waals surface area contributed by atoms with Crippen molar-refractivity contribution in [2.75, 3.05) is 0 Å². The SMILES string of the molecule is CC(C)(C)c1ccc2c(c1)c1cc(C(C)(C)C)ccc1n2-c1ccc2c3ccc(-n4c5ccc(C(C)(C)C)cc5c5cc(C(C)(C)C)ccc54)cc3n(-c3ccc4c(c3)c3ccccc3n4-c3ccccc3)c2c1. The molecule has 0 atom stereocenters. The second kappa shape index (κ2) is 15.8. The number of rotatable bonds is 4. The minimum Gasteiger partial charge on any atom is -0.309 e. The van der Waals surface area contributed by atoms with Crippen molar-refractivity contribution in [3.63, 3.8) is 0 Å². The Morgan fingerprint density at radius 3 is 0.892 bits per heavy atom. The summed E-state index contributed by atoms with van der Waals surface area (Å²) in [5.74, 6) is 0. The van der Waals surface area contributed by atoms with E-state index in [1.807, 2.05) is 0 Å². The van der Waals surface area contributed by atoms with E-state index in [1.54, 1.807) is 0 Å². The van der Waals surface area contributed by atoms with E-state index in [0.717, 1.165) is 22.7 Å². The van der Waals surface area contributed by atoms with Gasteiger partial charge < -0.3 is 18.3 Å². The van der Waals surface area contributed by atoms with E-state index in [0.29, 0.717) is 0 Å². The van der Waals surface area contributed by atoms with Gasteiger partial charge in [0.1, 0.15) is 0 Å². The Bertz CT molecular complexity index is 4090. The highest BCUT2D eigenvalue weighted by molar-refractivity contribution is 6.15. The fraction of sp³-hybridized carbons (Fsp3) is 0.229. The number of hydrogen-bond donors (Lipinski definition) is 0. The van der Waals surface area contributed by atoms with Gasteiger partial charge in [0.15, 0.2) is 0 Å². The summed E-state index contributed by atoms with van der Waals surface area (Å²) in [7, 11) is 0. The average molecular weight is 963 g/mol. The van der Waals surface area contributed by atoms with Crippen LogP contribution in [0.3, 0.4) is 0 Å². The standard InChI is InChI=1S/C70H66N4/c1-67(2,3)43-22-31-60-54(36-43)55-37-44(68(4,5)6)23-32-61(55)72(60)49-26-29-52-53-30-27-50(73-62-33-24-45(69(7,8)9)38-56(62)57-39-46(70(10,11)12)25-34-63(57)73)42-66(53)74(65(52)41-49)48-28-35-64-58(40-48)51-20-16-17-21-59(51)71(64)47-18-14-13-15-19-47/h13-42H,1-12H3. The van der Waals surface area contributed by atoms with Crippen LogP contribution < -0.4 is 0 Å². The van der Waals surface area contributed by atoms with Crippen molar-refractivity contribution < 1.29 is 0 Å². The van der Waals surface area contributed by atoms with Gasteiger partial charge in [-0.15, -0.1) is 0 Å². The first kappa shape index (κ1) is 46.0. The van der Waals surface area contributed by atoms with Gasteiger partial charge in [0, 0.05) is 65.8 Å². The molecule has 0 N–H and O–H groups in total. The molecule has 4 aromatic heterocycles. The third kappa shape index (κ3) is 7.08. The summed E-state index contributed by atoms with van der Waals surface area (Å²) in [6.45, 7) is 27.8. The first-order chi connectivity index (χ1) is 35.2. The van der Waals surface area contributed by atoms with Crippen molar-refractivity contribution in [1.82, 2.24) is 18.3 Å². The average Bonchev–Trinajstić information content (AvgIpc) is 4.09. The Morgan fingerprint density at radius 2 is 0.486 bits per heavy atom. The van der Waals surface area contributed by atoms with Crippen molar-refractivity contribution in [3.8, 4) is 22.7 Å². The molecule has 0 fully saturated rings. The predicted molar refractivity (Wildman–Crippen MR) is 319 cm³/mol. The van der Waals surface area contributed by atoms with E-state index in [4.69, 9.17) is 0 Å². The van der Waals surface area contributed by atoms with Crippen molar-refractivity contribution in [2.24, 2.45) is 0 Å². The number of aromatic nitrogens is 4. The summed E-state index contributed by atoms with van der Waals surface area (Å²) in [6.07, 6.45) is 0. The van der Waals surface area contributed by atoms with Crippen molar-refractivity contribution in [2.45, 2.75) is 105 Å². The molecule has 0 bridgehead atoms. The zero-order valence-electron chi connectivity index (χ0n) is 45.1. The van der Waals surface area contributed by atoms with E-state index >= 15 is 0 Å². The van der Waals surface area contributed by atoms with Gasteiger partial charge in [-0.1, -0.05) is 156 Å². The quantitative estimate of drug-likeness (QED) is 0.167. The molecule has 4 heterocycles. The summed E-state index contributed by atoms with van der Waals surface area (Å²) in [6, 6.07) is 69.6. The van der Waals surface area contributed by atoms with Gasteiger partial charge in [-0.2, -0.15) is 0 Å². The summed E-state index contributed by atoms with van der Waals surface area (Å²) in [4.78, 5) is 0. The second-order valence-corrected chi connectivity index (χ2v) is 25.2. The number of benzene rings is 9. The number of hydrogen-bond acceptors (Lipinski definition) is 0. The van der Waals surface area contributed by atoms with Crippen LogP contribution in [-0.2, 0) is 21.7 Å². The second-order valence-electron chi connectivity index (χ2n) is 25.2. The third-order valence-corrected chi connectivity index (χ3v) is 16.2. The number of nitrogens with zero attached hydrogens (tertiary/aromatic N) is 4. The van der Waals surface area contributed by atoms with Gasteiger partial charge in [0.25, 0.3) is 0 Å². The van der Waals surface area contributed by atoms with Crippen molar-refractivity contribution in [1.29, 1.82) is 0 Å². The van der Waals surface area contributed by atoms with Crippen LogP contribution in [0.4, 0.5) is 0 Å². The van der Waals surface area contributed by atoms with Crippen LogP contribution in [0.2, 0.25) is 0 Å². The fourth-order valence-corrected chi connectivity index (χ4v) is 12.0. The topological polar surface area (TPSA) is 19.7 Å². The van der Waals surface area contributed by atoms with E-state index in [9.17, 15) is 0 Å². The highest BCUT2D eigenvalue weighted by Gasteiger charge is 2.25. The van der Waals surface area contributed by atoms with E-state index in [1.165, 1.54) is 109 Å². The van der Waals surface area contributed by atoms with E-state index in [2.05, 4.69) is 283 Å². The smallest absolute Gasteiger partial charge is 0.0561 e. The molecule has 0 saturated heterocycles. The molecule has 13 rings (SSSR count). The normalized spacial score (nSPS) is 13.1. The maximum absolute atomic E-state index is 2.54. The molecule has 366 valence electrons. The van der Waals surface area contributed by atoms with Crippen LogP contribution in [0.15, 0.2) is 182 Å². The molecule has 0 spiro atoms. The first-order valence-corrected chi connectivity index (χ1v) is 26.6. The van der Waals surface area contributed by atoms with Crippen LogP contribution in [0.1, 0.15) is 105 Å². The van der Waals surface area contributed by atoms with Crippen LogP contribution in [0.25, 0.3) is 110 Å². The fourth-order valence-electron chi connectivity index (χ4n) is 12.0. The Hall–Kier alpha value is -7.82.